The SMILES string of the molecule is CC1(NC(=O)Nc2cc(C(F)(F)F)ccc2C(=O)O)CC1. The van der Waals surface area contributed by atoms with Crippen LogP contribution in [0, 0.1) is 0 Å². The summed E-state index contributed by atoms with van der Waals surface area (Å²) < 4.78 is 37.9. The third kappa shape index (κ3) is 3.65. The molecule has 1 fully saturated rings. The van der Waals surface area contributed by atoms with Crippen LogP contribution in [0.5, 0.6) is 0 Å². The van der Waals surface area contributed by atoms with Crippen molar-refractivity contribution in [2.45, 2.75) is 31.5 Å². The monoisotopic (exact) mass is 302 g/mol. The van der Waals surface area contributed by atoms with Crippen molar-refractivity contribution in [1.82, 2.24) is 5.32 Å². The quantitative estimate of drug-likeness (QED) is 0.803. The highest BCUT2D eigenvalue weighted by Crippen LogP contribution is 2.35. The molecule has 0 aliphatic heterocycles. The first-order valence-corrected chi connectivity index (χ1v) is 6.14. The zero-order valence-electron chi connectivity index (χ0n) is 11.0. The lowest BCUT2D eigenvalue weighted by Crippen LogP contribution is -2.38. The molecule has 0 radical (unpaired) electrons. The molecule has 0 unspecified atom stereocenters. The number of amides is 2. The summed E-state index contributed by atoms with van der Waals surface area (Å²) in [5.41, 5.74) is -2.19. The number of anilines is 1. The van der Waals surface area contributed by atoms with E-state index in [1.54, 1.807) is 6.92 Å². The van der Waals surface area contributed by atoms with Gasteiger partial charge in [-0.05, 0) is 38.0 Å². The van der Waals surface area contributed by atoms with Crippen LogP contribution in [0.4, 0.5) is 23.7 Å². The molecule has 1 aromatic carbocycles. The highest BCUT2D eigenvalue weighted by Gasteiger charge is 2.39. The van der Waals surface area contributed by atoms with Crippen LogP contribution in [0.25, 0.3) is 0 Å². The zero-order chi connectivity index (χ0) is 15.8. The summed E-state index contributed by atoms with van der Waals surface area (Å²) >= 11 is 0. The molecule has 21 heavy (non-hydrogen) atoms. The number of aromatic carboxylic acids is 1. The Morgan fingerprint density at radius 2 is 1.90 bits per heavy atom. The molecule has 2 rings (SSSR count). The number of alkyl halides is 3. The average molecular weight is 302 g/mol. The average Bonchev–Trinajstić information content (AvgIpc) is 3.04. The minimum Gasteiger partial charge on any atom is -0.478 e. The fraction of sp³-hybridized carbons (Fsp3) is 0.385. The van der Waals surface area contributed by atoms with E-state index in [0.717, 1.165) is 18.9 Å². The van der Waals surface area contributed by atoms with E-state index in [0.29, 0.717) is 12.1 Å². The van der Waals surface area contributed by atoms with Crippen molar-refractivity contribution in [3.8, 4) is 0 Å². The molecule has 0 saturated heterocycles. The Kier molecular flexibility index (Phi) is 3.56. The van der Waals surface area contributed by atoms with E-state index >= 15 is 0 Å². The molecule has 0 bridgehead atoms. The number of hydrogen-bond donors (Lipinski definition) is 3. The summed E-state index contributed by atoms with van der Waals surface area (Å²) in [7, 11) is 0. The lowest BCUT2D eigenvalue weighted by atomic mass is 10.1. The van der Waals surface area contributed by atoms with Crippen LogP contribution < -0.4 is 10.6 Å². The van der Waals surface area contributed by atoms with Gasteiger partial charge in [-0.25, -0.2) is 9.59 Å². The van der Waals surface area contributed by atoms with Crippen LogP contribution in [0.2, 0.25) is 0 Å². The maximum Gasteiger partial charge on any atom is 0.416 e. The minimum atomic E-state index is -4.62. The van der Waals surface area contributed by atoms with E-state index in [-0.39, 0.29) is 11.2 Å². The number of benzene rings is 1. The Labute approximate surface area is 118 Å². The van der Waals surface area contributed by atoms with E-state index in [1.165, 1.54) is 0 Å². The first-order chi connectivity index (χ1) is 9.61. The van der Waals surface area contributed by atoms with Gasteiger partial charge < -0.3 is 15.7 Å². The Morgan fingerprint density at radius 1 is 1.29 bits per heavy atom. The molecule has 8 heteroatoms. The van der Waals surface area contributed by atoms with Crippen molar-refractivity contribution >= 4 is 17.7 Å². The van der Waals surface area contributed by atoms with Crippen LogP contribution in [0.3, 0.4) is 0 Å². The topological polar surface area (TPSA) is 78.4 Å². The van der Waals surface area contributed by atoms with Crippen LogP contribution in [0.15, 0.2) is 18.2 Å². The molecule has 1 aliphatic carbocycles. The molecule has 2 amide bonds. The number of carboxylic acids is 1. The Morgan fingerprint density at radius 3 is 2.38 bits per heavy atom. The van der Waals surface area contributed by atoms with E-state index in [1.807, 2.05) is 0 Å². The first kappa shape index (κ1) is 15.1. The van der Waals surface area contributed by atoms with Gasteiger partial charge in [0, 0.05) is 5.54 Å². The molecule has 1 saturated carbocycles. The molecule has 1 aliphatic rings. The Balaban J connectivity index is 2.26. The van der Waals surface area contributed by atoms with Gasteiger partial charge in [0.25, 0.3) is 0 Å². The van der Waals surface area contributed by atoms with E-state index in [9.17, 15) is 22.8 Å². The van der Waals surface area contributed by atoms with Crippen molar-refractivity contribution in [3.63, 3.8) is 0 Å². The smallest absolute Gasteiger partial charge is 0.416 e. The predicted octanol–water partition coefficient (Wildman–Crippen LogP) is 3.08. The lowest BCUT2D eigenvalue weighted by Gasteiger charge is -2.15. The lowest BCUT2D eigenvalue weighted by molar-refractivity contribution is -0.137. The van der Waals surface area contributed by atoms with Crippen molar-refractivity contribution in [2.75, 3.05) is 5.32 Å². The minimum absolute atomic E-state index is 0.366. The fourth-order valence-electron chi connectivity index (χ4n) is 1.75. The highest BCUT2D eigenvalue weighted by atomic mass is 19.4. The van der Waals surface area contributed by atoms with Crippen molar-refractivity contribution < 1.29 is 27.9 Å². The van der Waals surface area contributed by atoms with E-state index in [2.05, 4.69) is 10.6 Å². The van der Waals surface area contributed by atoms with Gasteiger partial charge in [-0.15, -0.1) is 0 Å². The van der Waals surface area contributed by atoms with E-state index in [4.69, 9.17) is 5.11 Å². The second-order valence-corrected chi connectivity index (χ2v) is 5.20. The standard InChI is InChI=1S/C13H13F3N2O3/c1-12(4-5-12)18-11(21)17-9-6-7(13(14,15)16)2-3-8(9)10(19)20/h2-3,6H,4-5H2,1H3,(H,19,20)(H2,17,18,21). The number of urea groups is 1. The molecule has 1 aromatic rings. The van der Waals surface area contributed by atoms with E-state index < -0.39 is 29.3 Å². The number of rotatable bonds is 3. The maximum absolute atomic E-state index is 12.6. The van der Waals surface area contributed by atoms with Crippen molar-refractivity contribution in [3.05, 3.63) is 29.3 Å². The number of carbonyl (C=O) groups excluding carboxylic acids is 1. The molecule has 0 heterocycles. The molecule has 3 N–H and O–H groups in total. The van der Waals surface area contributed by atoms with Gasteiger partial charge in [0.1, 0.15) is 0 Å². The number of hydrogen-bond acceptors (Lipinski definition) is 2. The van der Waals surface area contributed by atoms with Crippen LogP contribution in [-0.2, 0) is 6.18 Å². The highest BCUT2D eigenvalue weighted by molar-refractivity contribution is 6.00. The molecule has 114 valence electrons. The van der Waals surface area contributed by atoms with Crippen LogP contribution >= 0.6 is 0 Å². The van der Waals surface area contributed by atoms with Gasteiger partial charge in [-0.2, -0.15) is 13.2 Å². The molecular formula is C13H13F3N2O3. The number of halogens is 3. The largest absolute Gasteiger partial charge is 0.478 e. The fourth-order valence-corrected chi connectivity index (χ4v) is 1.75. The molecule has 0 spiro atoms. The number of carboxylic acid groups (broad SMARTS) is 1. The summed E-state index contributed by atoms with van der Waals surface area (Å²) in [5.74, 6) is -1.42. The first-order valence-electron chi connectivity index (χ1n) is 6.14. The molecular weight excluding hydrogens is 289 g/mol. The summed E-state index contributed by atoms with van der Waals surface area (Å²) in [4.78, 5) is 22.7. The van der Waals surface area contributed by atoms with Gasteiger partial charge in [0.2, 0.25) is 0 Å². The normalized spacial score (nSPS) is 16.2. The second-order valence-electron chi connectivity index (χ2n) is 5.20. The summed E-state index contributed by atoms with van der Waals surface area (Å²) in [6.45, 7) is 1.79. The Hall–Kier alpha value is -2.25. The van der Waals surface area contributed by atoms with Gasteiger partial charge in [-0.3, -0.25) is 0 Å². The summed E-state index contributed by atoms with van der Waals surface area (Å²) in [6.07, 6.45) is -3.07. The predicted molar refractivity (Wildman–Crippen MR) is 68.2 cm³/mol. The number of carbonyl (C=O) groups is 2. The maximum atomic E-state index is 12.6. The summed E-state index contributed by atoms with van der Waals surface area (Å²) in [5, 5.41) is 13.7. The summed E-state index contributed by atoms with van der Waals surface area (Å²) in [6, 6.07) is 1.36. The molecule has 0 aromatic heterocycles. The second kappa shape index (κ2) is 4.94. The molecule has 0 atom stereocenters. The Bertz CT molecular complexity index is 595. The van der Waals surface area contributed by atoms with Gasteiger partial charge in [0.15, 0.2) is 0 Å². The number of nitrogens with one attached hydrogen (secondary N) is 2. The third-order valence-corrected chi connectivity index (χ3v) is 3.24. The zero-order valence-corrected chi connectivity index (χ0v) is 11.0. The third-order valence-electron chi connectivity index (χ3n) is 3.24. The van der Waals surface area contributed by atoms with Crippen molar-refractivity contribution in [2.24, 2.45) is 0 Å². The van der Waals surface area contributed by atoms with Gasteiger partial charge in [0.05, 0.1) is 16.8 Å². The van der Waals surface area contributed by atoms with Gasteiger partial charge in [-0.1, -0.05) is 0 Å². The van der Waals surface area contributed by atoms with Crippen LogP contribution in [0.1, 0.15) is 35.7 Å². The van der Waals surface area contributed by atoms with Crippen molar-refractivity contribution in [1.29, 1.82) is 0 Å². The molecule has 5 nitrogen and oxygen atoms in total. The van der Waals surface area contributed by atoms with Crippen LogP contribution in [-0.4, -0.2) is 22.6 Å². The van der Waals surface area contributed by atoms with Gasteiger partial charge >= 0.3 is 18.2 Å².